The zero-order chi connectivity index (χ0) is 15.4. The molecule has 1 aliphatic rings. The molecule has 1 heterocycles. The minimum absolute atomic E-state index is 0.0259. The molecule has 0 bridgehead atoms. The number of carbonyl (C=O) groups excluding carboxylic acids is 2. The molecule has 0 radical (unpaired) electrons. The van der Waals surface area contributed by atoms with Crippen LogP contribution in [-0.4, -0.2) is 29.8 Å². The summed E-state index contributed by atoms with van der Waals surface area (Å²) in [6.07, 6.45) is 1.62. The van der Waals surface area contributed by atoms with Gasteiger partial charge in [0.05, 0.1) is 0 Å². The lowest BCUT2D eigenvalue weighted by Gasteiger charge is -2.31. The first kappa shape index (κ1) is 15.5. The third-order valence-electron chi connectivity index (χ3n) is 4.15. The normalized spacial score (nSPS) is 17.5. The number of primary amides is 1. The van der Waals surface area contributed by atoms with Gasteiger partial charge in [0, 0.05) is 25.4 Å². The largest absolute Gasteiger partial charge is 0.369 e. The van der Waals surface area contributed by atoms with Gasteiger partial charge in [-0.05, 0) is 36.5 Å². The first-order chi connectivity index (χ1) is 9.97. The Kier molecular flexibility index (Phi) is 4.94. The molecule has 5 heteroatoms. The zero-order valence-electron chi connectivity index (χ0n) is 12.2. The number of hydrogen-bond donors (Lipinski definition) is 1. The Morgan fingerprint density at radius 1 is 1.38 bits per heavy atom. The van der Waals surface area contributed by atoms with Crippen molar-refractivity contribution >= 4 is 11.8 Å². The summed E-state index contributed by atoms with van der Waals surface area (Å²) in [7, 11) is 0. The third kappa shape index (κ3) is 4.03. The van der Waals surface area contributed by atoms with Crippen LogP contribution < -0.4 is 5.73 Å². The van der Waals surface area contributed by atoms with E-state index in [9.17, 15) is 14.0 Å². The lowest BCUT2D eigenvalue weighted by molar-refractivity contribution is -0.135. The molecule has 1 aromatic carbocycles. The fraction of sp³-hybridized carbons (Fsp3) is 0.500. The van der Waals surface area contributed by atoms with E-state index in [1.54, 1.807) is 11.0 Å². The molecule has 0 saturated carbocycles. The van der Waals surface area contributed by atoms with E-state index in [0.29, 0.717) is 32.4 Å². The highest BCUT2D eigenvalue weighted by Crippen LogP contribution is 2.23. The van der Waals surface area contributed by atoms with Gasteiger partial charge in [-0.1, -0.05) is 19.1 Å². The van der Waals surface area contributed by atoms with Crippen molar-refractivity contribution in [1.29, 1.82) is 0 Å². The highest BCUT2D eigenvalue weighted by molar-refractivity contribution is 5.79. The van der Waals surface area contributed by atoms with Crippen molar-refractivity contribution in [3.05, 3.63) is 35.6 Å². The Morgan fingerprint density at radius 2 is 2.05 bits per heavy atom. The molecular weight excluding hydrogens is 271 g/mol. The van der Waals surface area contributed by atoms with Crippen LogP contribution in [0.2, 0.25) is 0 Å². The summed E-state index contributed by atoms with van der Waals surface area (Å²) in [5, 5.41) is 0. The number of piperidine rings is 1. The molecule has 1 saturated heterocycles. The van der Waals surface area contributed by atoms with Gasteiger partial charge in [-0.2, -0.15) is 0 Å². The molecule has 0 aliphatic carbocycles. The third-order valence-corrected chi connectivity index (χ3v) is 4.15. The van der Waals surface area contributed by atoms with Gasteiger partial charge in [-0.25, -0.2) is 4.39 Å². The number of likely N-dealkylation sites (tertiary alicyclic amines) is 1. The molecule has 0 spiro atoms. The van der Waals surface area contributed by atoms with Crippen molar-refractivity contribution in [3.8, 4) is 0 Å². The number of amides is 2. The summed E-state index contributed by atoms with van der Waals surface area (Å²) < 4.78 is 13.2. The highest BCUT2D eigenvalue weighted by atomic mass is 19.1. The van der Waals surface area contributed by atoms with Crippen molar-refractivity contribution in [3.63, 3.8) is 0 Å². The van der Waals surface area contributed by atoms with Crippen molar-refractivity contribution in [2.75, 3.05) is 13.1 Å². The molecule has 1 aromatic rings. The number of nitrogens with two attached hydrogens (primary N) is 1. The summed E-state index contributed by atoms with van der Waals surface area (Å²) in [5.74, 6) is -0.657. The number of carbonyl (C=O) groups is 2. The van der Waals surface area contributed by atoms with Gasteiger partial charge >= 0.3 is 0 Å². The fourth-order valence-corrected chi connectivity index (χ4v) is 2.74. The minimum Gasteiger partial charge on any atom is -0.369 e. The van der Waals surface area contributed by atoms with E-state index < -0.39 is 0 Å². The maximum absolute atomic E-state index is 13.2. The van der Waals surface area contributed by atoms with Crippen molar-refractivity contribution in [2.24, 2.45) is 11.7 Å². The Morgan fingerprint density at radius 3 is 2.62 bits per heavy atom. The van der Waals surface area contributed by atoms with E-state index >= 15 is 0 Å². The van der Waals surface area contributed by atoms with Crippen LogP contribution in [0.25, 0.3) is 0 Å². The van der Waals surface area contributed by atoms with Crippen LogP contribution in [0.3, 0.4) is 0 Å². The van der Waals surface area contributed by atoms with Gasteiger partial charge in [-0.15, -0.1) is 0 Å². The number of nitrogens with zero attached hydrogens (tertiary/aromatic N) is 1. The zero-order valence-corrected chi connectivity index (χ0v) is 12.2. The molecule has 21 heavy (non-hydrogen) atoms. The molecular formula is C16H21FN2O2. The van der Waals surface area contributed by atoms with Gasteiger partial charge in [0.2, 0.25) is 11.8 Å². The van der Waals surface area contributed by atoms with Crippen LogP contribution in [0, 0.1) is 11.7 Å². The van der Waals surface area contributed by atoms with Gasteiger partial charge in [0.25, 0.3) is 0 Å². The quantitative estimate of drug-likeness (QED) is 0.923. The van der Waals surface area contributed by atoms with E-state index in [-0.39, 0.29) is 29.5 Å². The van der Waals surface area contributed by atoms with Gasteiger partial charge < -0.3 is 10.6 Å². The summed E-state index contributed by atoms with van der Waals surface area (Å²) in [6, 6.07) is 6.36. The van der Waals surface area contributed by atoms with Crippen LogP contribution in [0.15, 0.2) is 24.3 Å². The fourth-order valence-electron chi connectivity index (χ4n) is 2.74. The standard InChI is InChI=1S/C16H21FN2O2/c1-11(13-3-2-4-14(17)10-13)9-15(20)19-7-5-12(6-8-19)16(18)21/h2-4,10-12H,5-9H2,1H3,(H2,18,21). The first-order valence-corrected chi connectivity index (χ1v) is 7.30. The average Bonchev–Trinajstić information content (AvgIpc) is 2.47. The topological polar surface area (TPSA) is 63.4 Å². The van der Waals surface area contributed by atoms with Crippen molar-refractivity contribution in [1.82, 2.24) is 4.90 Å². The lowest BCUT2D eigenvalue weighted by Crippen LogP contribution is -2.42. The molecule has 0 aromatic heterocycles. The van der Waals surface area contributed by atoms with Crippen LogP contribution >= 0.6 is 0 Å². The monoisotopic (exact) mass is 292 g/mol. The van der Waals surface area contributed by atoms with Gasteiger partial charge in [0.1, 0.15) is 5.82 Å². The first-order valence-electron chi connectivity index (χ1n) is 7.30. The van der Waals surface area contributed by atoms with E-state index in [2.05, 4.69) is 0 Å². The molecule has 1 fully saturated rings. The average molecular weight is 292 g/mol. The number of rotatable bonds is 4. The smallest absolute Gasteiger partial charge is 0.223 e. The Labute approximate surface area is 124 Å². The summed E-state index contributed by atoms with van der Waals surface area (Å²) >= 11 is 0. The SMILES string of the molecule is CC(CC(=O)N1CCC(C(N)=O)CC1)c1cccc(F)c1. The summed E-state index contributed by atoms with van der Waals surface area (Å²) in [6.45, 7) is 3.06. The van der Waals surface area contributed by atoms with Gasteiger partial charge in [0.15, 0.2) is 0 Å². The van der Waals surface area contributed by atoms with E-state index in [1.165, 1.54) is 12.1 Å². The molecule has 4 nitrogen and oxygen atoms in total. The van der Waals surface area contributed by atoms with Gasteiger partial charge in [-0.3, -0.25) is 9.59 Å². The second-order valence-corrected chi connectivity index (χ2v) is 5.72. The molecule has 2 N–H and O–H groups in total. The Hall–Kier alpha value is -1.91. The minimum atomic E-state index is -0.283. The molecule has 1 unspecified atom stereocenters. The lowest BCUT2D eigenvalue weighted by atomic mass is 9.94. The van der Waals surface area contributed by atoms with Crippen LogP contribution in [0.5, 0.6) is 0 Å². The Balaban J connectivity index is 1.89. The summed E-state index contributed by atoms with van der Waals surface area (Å²) in [5.41, 5.74) is 6.11. The molecule has 114 valence electrons. The van der Waals surface area contributed by atoms with E-state index in [4.69, 9.17) is 5.73 Å². The van der Waals surface area contributed by atoms with Crippen LogP contribution in [-0.2, 0) is 9.59 Å². The molecule has 1 atom stereocenters. The van der Waals surface area contributed by atoms with E-state index in [0.717, 1.165) is 5.56 Å². The molecule has 2 amide bonds. The van der Waals surface area contributed by atoms with E-state index in [1.807, 2.05) is 13.0 Å². The summed E-state index contributed by atoms with van der Waals surface area (Å²) in [4.78, 5) is 25.1. The second kappa shape index (κ2) is 6.70. The van der Waals surface area contributed by atoms with Crippen molar-refractivity contribution in [2.45, 2.75) is 32.1 Å². The highest BCUT2D eigenvalue weighted by Gasteiger charge is 2.26. The predicted octanol–water partition coefficient (Wildman–Crippen LogP) is 2.04. The maximum Gasteiger partial charge on any atom is 0.223 e. The van der Waals surface area contributed by atoms with Crippen LogP contribution in [0.1, 0.15) is 37.7 Å². The molecule has 1 aliphatic heterocycles. The van der Waals surface area contributed by atoms with Crippen molar-refractivity contribution < 1.29 is 14.0 Å². The number of halogens is 1. The van der Waals surface area contributed by atoms with Crippen LogP contribution in [0.4, 0.5) is 4.39 Å². The maximum atomic E-state index is 13.2. The second-order valence-electron chi connectivity index (χ2n) is 5.72. The number of hydrogen-bond acceptors (Lipinski definition) is 2. The Bertz CT molecular complexity index is 525. The predicted molar refractivity (Wildman–Crippen MR) is 77.9 cm³/mol. The number of benzene rings is 1. The molecule has 2 rings (SSSR count).